The zero-order chi connectivity index (χ0) is 33.4. The van der Waals surface area contributed by atoms with E-state index in [1.165, 1.54) is 52.7 Å². The molecule has 2 heterocycles. The highest BCUT2D eigenvalue weighted by Gasteiger charge is 2.40. The molecule has 238 valence electrons. The molecule has 0 aliphatic rings. The van der Waals surface area contributed by atoms with E-state index in [4.69, 9.17) is 14.6 Å². The summed E-state index contributed by atoms with van der Waals surface area (Å²) in [7, 11) is 3.10. The molecule has 0 atom stereocenters. The Kier molecular flexibility index (Phi) is 13.7. The number of ether oxygens (including phenoxy) is 2. The summed E-state index contributed by atoms with van der Waals surface area (Å²) < 4.78 is 95.8. The highest BCUT2D eigenvalue weighted by atomic mass is 79.9. The Morgan fingerprint density at radius 2 is 1.25 bits per heavy atom. The fraction of sp³-hybridized carbons (Fsp3) is 0.280. The predicted octanol–water partition coefficient (Wildman–Crippen LogP) is 5.03. The van der Waals surface area contributed by atoms with Crippen molar-refractivity contribution >= 4 is 73.4 Å². The first kappa shape index (κ1) is 37.5. The van der Waals surface area contributed by atoms with Gasteiger partial charge < -0.3 is 33.9 Å². The Morgan fingerprint density at radius 3 is 1.64 bits per heavy atom. The second kappa shape index (κ2) is 16.1. The number of halogens is 8. The van der Waals surface area contributed by atoms with Gasteiger partial charge in [-0.2, -0.15) is 26.3 Å². The van der Waals surface area contributed by atoms with E-state index in [0.29, 0.717) is 26.7 Å². The maximum atomic E-state index is 12.9. The van der Waals surface area contributed by atoms with Crippen molar-refractivity contribution in [3.63, 3.8) is 0 Å². The molecule has 0 aliphatic heterocycles. The average molecular weight is 760 g/mol. The van der Waals surface area contributed by atoms with Gasteiger partial charge in [-0.05, 0) is 42.5 Å². The normalized spacial score (nSPS) is 11.3. The van der Waals surface area contributed by atoms with Crippen LogP contribution in [0.4, 0.5) is 26.3 Å². The number of hydrogen-bond donors (Lipinski definition) is 3. The molecule has 2 aromatic carbocycles. The molecule has 4 rings (SSSR count). The molecule has 0 spiro atoms. The lowest BCUT2D eigenvalue weighted by atomic mass is 9.78. The summed E-state index contributed by atoms with van der Waals surface area (Å²) in [4.78, 5) is 7.05. The van der Waals surface area contributed by atoms with Gasteiger partial charge in [0.05, 0.1) is 31.8 Å². The van der Waals surface area contributed by atoms with Gasteiger partial charge in [0.2, 0.25) is 0 Å². The molecular weight excluding hydrogens is 736 g/mol. The summed E-state index contributed by atoms with van der Waals surface area (Å²) in [6.45, 7) is -0.0903. The number of rotatable bonds is 6. The number of fused-ring (bicyclic) bond motifs is 2. The van der Waals surface area contributed by atoms with Gasteiger partial charge in [0, 0.05) is 39.4 Å². The van der Waals surface area contributed by atoms with Gasteiger partial charge >= 0.3 is 26.6 Å². The van der Waals surface area contributed by atoms with Crippen LogP contribution in [0.5, 0.6) is 11.5 Å². The first-order valence-electron chi connectivity index (χ1n) is 12.0. The summed E-state index contributed by atoms with van der Waals surface area (Å²) in [5, 5.41) is 27.5. The van der Waals surface area contributed by atoms with Gasteiger partial charge in [0.15, 0.2) is 0 Å². The molecule has 9 nitrogen and oxygen atoms in total. The fourth-order valence-corrected chi connectivity index (χ4v) is 4.72. The van der Waals surface area contributed by atoms with Gasteiger partial charge in [0.1, 0.15) is 22.9 Å². The maximum Gasteiger partial charge on any atom is 0.491 e. The number of benzene rings is 2. The lowest BCUT2D eigenvalue weighted by Crippen LogP contribution is -2.38. The molecule has 0 fully saturated rings. The molecule has 2 aromatic heterocycles. The molecule has 0 saturated heterocycles. The van der Waals surface area contributed by atoms with Gasteiger partial charge in [-0.15, -0.1) is 0 Å². The van der Waals surface area contributed by atoms with Crippen molar-refractivity contribution in [2.45, 2.75) is 12.4 Å². The van der Waals surface area contributed by atoms with Crippen molar-refractivity contribution in [2.24, 2.45) is 0 Å². The van der Waals surface area contributed by atoms with E-state index in [2.05, 4.69) is 51.1 Å². The Morgan fingerprint density at radius 1 is 0.750 bits per heavy atom. The van der Waals surface area contributed by atoms with Crippen molar-refractivity contribution in [1.82, 2.24) is 9.97 Å². The van der Waals surface area contributed by atoms with E-state index in [9.17, 15) is 36.4 Å². The molecule has 3 N–H and O–H groups in total. The Balaban J connectivity index is 0.000000256. The van der Waals surface area contributed by atoms with E-state index in [-0.39, 0.29) is 22.0 Å². The minimum Gasteiger partial charge on any atom is -0.497 e. The van der Waals surface area contributed by atoms with E-state index in [0.717, 1.165) is 6.07 Å². The highest BCUT2D eigenvalue weighted by molar-refractivity contribution is 9.11. The zero-order valence-corrected chi connectivity index (χ0v) is 26.5. The highest BCUT2D eigenvalue weighted by Crippen LogP contribution is 2.35. The van der Waals surface area contributed by atoms with Crippen molar-refractivity contribution in [1.29, 1.82) is 0 Å². The first-order chi connectivity index (χ1) is 20.5. The Labute approximate surface area is 264 Å². The van der Waals surface area contributed by atoms with Crippen LogP contribution < -0.4 is 14.9 Å². The van der Waals surface area contributed by atoms with Crippen LogP contribution in [0.1, 0.15) is 11.4 Å². The van der Waals surface area contributed by atoms with Gasteiger partial charge in [0.25, 0.3) is 0 Å². The number of pyridine rings is 2. The van der Waals surface area contributed by atoms with Crippen molar-refractivity contribution in [3.8, 4) is 11.5 Å². The second-order valence-corrected chi connectivity index (χ2v) is 10.0. The molecule has 0 unspecified atom stereocenters. The largest absolute Gasteiger partial charge is 0.497 e. The average Bonchev–Trinajstić information content (AvgIpc) is 2.97. The van der Waals surface area contributed by atoms with Crippen LogP contribution in [0.25, 0.3) is 21.8 Å². The van der Waals surface area contributed by atoms with Crippen molar-refractivity contribution in [2.75, 3.05) is 34.9 Å². The predicted molar refractivity (Wildman–Crippen MR) is 159 cm³/mol. The molecule has 0 amide bonds. The summed E-state index contributed by atoms with van der Waals surface area (Å²) in [6.07, 6.45) is -9.24. The lowest BCUT2D eigenvalue weighted by Gasteiger charge is -2.15. The SMILES string of the molecule is COB(CO)OC.COc1ccc2nc(C(F)(F)F)c(B(O)O)c(Br)c2c1.COc1ccc2nc(C(F)(F)F)cc(Br)c2c1. The molecule has 4 aromatic rings. The number of nitrogens with zero attached hydrogens (tertiary/aromatic N) is 2. The quantitative estimate of drug-likeness (QED) is 0.184. The number of aliphatic hydroxyl groups excluding tert-OH is 1. The summed E-state index contributed by atoms with van der Waals surface area (Å²) in [6, 6.07) is 9.95. The second-order valence-electron chi connectivity index (χ2n) is 8.40. The minimum atomic E-state index is -4.80. The third-order valence-electron chi connectivity index (χ3n) is 5.62. The smallest absolute Gasteiger partial charge is 0.491 e. The van der Waals surface area contributed by atoms with Crippen LogP contribution in [0.15, 0.2) is 51.4 Å². The molecule has 0 bridgehead atoms. The van der Waals surface area contributed by atoms with Crippen LogP contribution in [0.2, 0.25) is 0 Å². The van der Waals surface area contributed by atoms with E-state index >= 15 is 0 Å². The molecule has 0 radical (unpaired) electrons. The summed E-state index contributed by atoms with van der Waals surface area (Å²) >= 11 is 6.08. The van der Waals surface area contributed by atoms with Crippen LogP contribution >= 0.6 is 31.9 Å². The molecular formula is C25H24B2Br2F6N2O7. The lowest BCUT2D eigenvalue weighted by molar-refractivity contribution is -0.141. The number of alkyl halides is 6. The topological polar surface area (TPSA) is 123 Å². The monoisotopic (exact) mass is 758 g/mol. The van der Waals surface area contributed by atoms with Crippen LogP contribution in [-0.4, -0.2) is 74.3 Å². The van der Waals surface area contributed by atoms with Crippen LogP contribution in [0.3, 0.4) is 0 Å². The number of aromatic nitrogens is 2. The van der Waals surface area contributed by atoms with Crippen LogP contribution in [0, 0.1) is 0 Å². The van der Waals surface area contributed by atoms with Crippen LogP contribution in [-0.2, 0) is 21.7 Å². The molecule has 0 saturated carbocycles. The maximum absolute atomic E-state index is 12.9. The van der Waals surface area contributed by atoms with Gasteiger partial charge in [-0.1, -0.05) is 31.9 Å². The summed E-state index contributed by atoms with van der Waals surface area (Å²) in [5.74, 6) is 0.984. The Hall–Kier alpha value is -2.67. The molecule has 0 aliphatic carbocycles. The standard InChI is InChI=1S/C11H8BBrF3NO3.C11H7BrF3NO.C3H9BO3/c1-20-5-2-3-7-6(4-5)9(13)8(12(18)19)10(17-7)11(14,15)16;1-17-6-2-3-9-7(4-6)8(12)5-10(16-9)11(13,14)15;1-6-4(3-5)7-2/h2-4,18-19H,1H3;2-5H,1H3;5H,3H2,1-2H3. The van der Waals surface area contributed by atoms with E-state index < -0.39 is 43.4 Å². The first-order valence-corrected chi connectivity index (χ1v) is 13.6. The van der Waals surface area contributed by atoms with Gasteiger partial charge in [-0.3, -0.25) is 0 Å². The third kappa shape index (κ3) is 9.66. The Bertz CT molecular complexity index is 1560. The number of methoxy groups -OCH3 is 2. The fourth-order valence-electron chi connectivity index (χ4n) is 3.48. The van der Waals surface area contributed by atoms with Gasteiger partial charge in [-0.25, -0.2) is 9.97 Å². The van der Waals surface area contributed by atoms with Crippen molar-refractivity contribution in [3.05, 3.63) is 62.8 Å². The van der Waals surface area contributed by atoms with E-state index in [1.54, 1.807) is 12.1 Å². The number of aliphatic hydroxyl groups is 1. The summed E-state index contributed by atoms with van der Waals surface area (Å²) in [5.41, 5.74) is -2.64. The molecule has 19 heteroatoms. The van der Waals surface area contributed by atoms with Crippen molar-refractivity contribution < 1.29 is 60.3 Å². The molecule has 44 heavy (non-hydrogen) atoms. The third-order valence-corrected chi connectivity index (χ3v) is 7.13. The zero-order valence-electron chi connectivity index (χ0n) is 23.3. The minimum absolute atomic E-state index is 0.0643. The van der Waals surface area contributed by atoms with E-state index in [1.807, 2.05) is 0 Å². The number of hydrogen-bond acceptors (Lipinski definition) is 9.